The van der Waals surface area contributed by atoms with Gasteiger partial charge in [0.05, 0.1) is 11.5 Å². The van der Waals surface area contributed by atoms with Crippen molar-refractivity contribution in [3.8, 4) is 0 Å². The molecule has 5 heteroatoms. The second kappa shape index (κ2) is 5.49. The molecular weight excluding hydrogens is 244 g/mol. The number of nitrogens with one attached hydrogen (secondary N) is 1. The van der Waals surface area contributed by atoms with E-state index in [1.54, 1.807) is 6.92 Å². The number of carboxylic acid groups (broad SMARTS) is 1. The summed E-state index contributed by atoms with van der Waals surface area (Å²) in [5.74, 6) is -1.21. The average Bonchev–Trinajstić information content (AvgIpc) is 3.16. The van der Waals surface area contributed by atoms with Crippen molar-refractivity contribution in [2.45, 2.75) is 63.5 Å². The largest absolute Gasteiger partial charge is 0.481 e. The van der Waals surface area contributed by atoms with Gasteiger partial charge < -0.3 is 16.2 Å². The first-order chi connectivity index (χ1) is 8.93. The van der Waals surface area contributed by atoms with Gasteiger partial charge in [0.1, 0.15) is 0 Å². The first-order valence-electron chi connectivity index (χ1n) is 7.25. The number of rotatable bonds is 4. The predicted octanol–water partition coefficient (Wildman–Crippen LogP) is 1.26. The third-order valence-corrected chi connectivity index (χ3v) is 4.56. The van der Waals surface area contributed by atoms with Gasteiger partial charge in [-0.3, -0.25) is 9.59 Å². The second-order valence-corrected chi connectivity index (χ2v) is 6.22. The van der Waals surface area contributed by atoms with E-state index in [4.69, 9.17) is 5.73 Å². The van der Waals surface area contributed by atoms with E-state index in [2.05, 4.69) is 5.32 Å². The van der Waals surface area contributed by atoms with Crippen molar-refractivity contribution in [2.75, 3.05) is 0 Å². The smallest absolute Gasteiger partial charge is 0.308 e. The van der Waals surface area contributed by atoms with Crippen LogP contribution in [0.25, 0.3) is 0 Å². The molecule has 2 aliphatic rings. The van der Waals surface area contributed by atoms with Crippen LogP contribution in [0.1, 0.15) is 51.9 Å². The van der Waals surface area contributed by atoms with Crippen molar-refractivity contribution < 1.29 is 14.7 Å². The summed E-state index contributed by atoms with van der Waals surface area (Å²) >= 11 is 0. The minimum absolute atomic E-state index is 0.187. The van der Waals surface area contributed by atoms with E-state index in [-0.39, 0.29) is 17.9 Å². The average molecular weight is 268 g/mol. The third-order valence-electron chi connectivity index (χ3n) is 4.56. The summed E-state index contributed by atoms with van der Waals surface area (Å²) in [6.45, 7) is 1.76. The Labute approximate surface area is 113 Å². The Hall–Kier alpha value is -1.10. The summed E-state index contributed by atoms with van der Waals surface area (Å²) in [4.78, 5) is 23.6. The summed E-state index contributed by atoms with van der Waals surface area (Å²) < 4.78 is 0. The molecule has 3 unspecified atom stereocenters. The zero-order valence-electron chi connectivity index (χ0n) is 11.5. The molecule has 2 fully saturated rings. The van der Waals surface area contributed by atoms with Crippen molar-refractivity contribution >= 4 is 11.9 Å². The van der Waals surface area contributed by atoms with E-state index >= 15 is 0 Å². The summed E-state index contributed by atoms with van der Waals surface area (Å²) in [7, 11) is 0. The van der Waals surface area contributed by atoms with E-state index in [9.17, 15) is 14.7 Å². The summed E-state index contributed by atoms with van der Waals surface area (Å²) in [5.41, 5.74) is 5.23. The van der Waals surface area contributed by atoms with Crippen molar-refractivity contribution in [2.24, 2.45) is 17.6 Å². The van der Waals surface area contributed by atoms with Gasteiger partial charge in [0.25, 0.3) is 0 Å². The molecule has 0 radical (unpaired) electrons. The Morgan fingerprint density at radius 2 is 1.79 bits per heavy atom. The van der Waals surface area contributed by atoms with Gasteiger partial charge in [0.15, 0.2) is 0 Å². The lowest BCUT2D eigenvalue weighted by Crippen LogP contribution is -2.57. The molecule has 108 valence electrons. The maximum absolute atomic E-state index is 12.3. The number of carbonyl (C=O) groups is 2. The topological polar surface area (TPSA) is 92.4 Å². The third kappa shape index (κ3) is 3.26. The van der Waals surface area contributed by atoms with Crippen LogP contribution in [0.15, 0.2) is 0 Å². The molecule has 2 aliphatic carbocycles. The maximum atomic E-state index is 12.3. The van der Waals surface area contributed by atoms with Crippen LogP contribution in [-0.2, 0) is 9.59 Å². The van der Waals surface area contributed by atoms with Crippen LogP contribution < -0.4 is 11.1 Å². The zero-order valence-corrected chi connectivity index (χ0v) is 11.5. The number of hydrogen-bond acceptors (Lipinski definition) is 3. The normalized spacial score (nSPS) is 31.1. The Bertz CT molecular complexity index is 364. The standard InChI is InChI=1S/C14H24N2O3/c1-14(15,9-7-8-9)13(19)16-11-6-4-2-3-5-10(11)12(17)18/h9-11H,2-8,15H2,1H3,(H,16,19)(H,17,18). The summed E-state index contributed by atoms with van der Waals surface area (Å²) in [5, 5.41) is 12.2. The fourth-order valence-electron chi connectivity index (χ4n) is 2.97. The van der Waals surface area contributed by atoms with E-state index in [1.807, 2.05) is 0 Å². The first kappa shape index (κ1) is 14.3. The molecule has 5 nitrogen and oxygen atoms in total. The number of amides is 1. The molecular formula is C14H24N2O3. The second-order valence-electron chi connectivity index (χ2n) is 6.22. The van der Waals surface area contributed by atoms with Crippen LogP contribution in [0.5, 0.6) is 0 Å². The SMILES string of the molecule is CC(N)(C(=O)NC1CCCCCC1C(=O)O)C1CC1. The number of nitrogens with two attached hydrogens (primary N) is 1. The van der Waals surface area contributed by atoms with Gasteiger partial charge in [-0.05, 0) is 38.5 Å². The van der Waals surface area contributed by atoms with E-state index in [0.717, 1.165) is 38.5 Å². The molecule has 0 aromatic carbocycles. The highest BCUT2D eigenvalue weighted by Gasteiger charge is 2.45. The summed E-state index contributed by atoms with van der Waals surface area (Å²) in [6.07, 6.45) is 6.30. The van der Waals surface area contributed by atoms with Crippen LogP contribution in [0, 0.1) is 11.8 Å². The number of hydrogen-bond donors (Lipinski definition) is 3. The van der Waals surface area contributed by atoms with Gasteiger partial charge in [-0.2, -0.15) is 0 Å². The molecule has 19 heavy (non-hydrogen) atoms. The fraction of sp³-hybridized carbons (Fsp3) is 0.857. The lowest BCUT2D eigenvalue weighted by atomic mass is 9.91. The van der Waals surface area contributed by atoms with Crippen molar-refractivity contribution in [3.63, 3.8) is 0 Å². The van der Waals surface area contributed by atoms with E-state index in [0.29, 0.717) is 6.42 Å². The van der Waals surface area contributed by atoms with Gasteiger partial charge in [-0.25, -0.2) is 0 Å². The van der Waals surface area contributed by atoms with Crippen LogP contribution in [-0.4, -0.2) is 28.6 Å². The van der Waals surface area contributed by atoms with Crippen LogP contribution in [0.4, 0.5) is 0 Å². The molecule has 0 aromatic heterocycles. The van der Waals surface area contributed by atoms with Crippen LogP contribution >= 0.6 is 0 Å². The molecule has 0 bridgehead atoms. The van der Waals surface area contributed by atoms with Gasteiger partial charge in [0.2, 0.25) is 5.91 Å². The highest BCUT2D eigenvalue weighted by molar-refractivity contribution is 5.87. The quantitative estimate of drug-likeness (QED) is 0.669. The molecule has 0 spiro atoms. The minimum Gasteiger partial charge on any atom is -0.481 e. The lowest BCUT2D eigenvalue weighted by molar-refractivity contribution is -0.143. The Morgan fingerprint density at radius 1 is 1.16 bits per heavy atom. The van der Waals surface area contributed by atoms with E-state index in [1.165, 1.54) is 0 Å². The lowest BCUT2D eigenvalue weighted by Gasteiger charge is -2.29. The number of aliphatic carboxylic acids is 1. The van der Waals surface area contributed by atoms with Gasteiger partial charge in [0, 0.05) is 6.04 Å². The van der Waals surface area contributed by atoms with Crippen molar-refractivity contribution in [3.05, 3.63) is 0 Å². The summed E-state index contributed by atoms with van der Waals surface area (Å²) in [6, 6.07) is -0.269. The number of carboxylic acids is 1. The molecule has 3 atom stereocenters. The number of carbonyl (C=O) groups excluding carboxylic acids is 1. The highest BCUT2D eigenvalue weighted by Crippen LogP contribution is 2.38. The molecule has 0 aliphatic heterocycles. The molecule has 0 heterocycles. The Morgan fingerprint density at radius 3 is 2.37 bits per heavy atom. The monoisotopic (exact) mass is 268 g/mol. The predicted molar refractivity (Wildman–Crippen MR) is 71.5 cm³/mol. The molecule has 2 rings (SSSR count). The molecule has 1 amide bonds. The maximum Gasteiger partial charge on any atom is 0.308 e. The Kier molecular flexibility index (Phi) is 4.13. The van der Waals surface area contributed by atoms with Crippen LogP contribution in [0.3, 0.4) is 0 Å². The zero-order chi connectivity index (χ0) is 14.0. The van der Waals surface area contributed by atoms with Gasteiger partial charge in [-0.1, -0.05) is 19.3 Å². The Balaban J connectivity index is 2.01. The molecule has 0 aromatic rings. The molecule has 4 N–H and O–H groups in total. The first-order valence-corrected chi connectivity index (χ1v) is 7.25. The van der Waals surface area contributed by atoms with Gasteiger partial charge in [-0.15, -0.1) is 0 Å². The van der Waals surface area contributed by atoms with Crippen LogP contribution in [0.2, 0.25) is 0 Å². The highest BCUT2D eigenvalue weighted by atomic mass is 16.4. The van der Waals surface area contributed by atoms with E-state index < -0.39 is 17.4 Å². The minimum atomic E-state index is -0.852. The van der Waals surface area contributed by atoms with Crippen molar-refractivity contribution in [1.82, 2.24) is 5.32 Å². The fourth-order valence-corrected chi connectivity index (χ4v) is 2.97. The molecule has 2 saturated carbocycles. The van der Waals surface area contributed by atoms with Crippen molar-refractivity contribution in [1.29, 1.82) is 0 Å². The van der Waals surface area contributed by atoms with Gasteiger partial charge >= 0.3 is 5.97 Å². The molecule has 0 saturated heterocycles.